The van der Waals surface area contributed by atoms with Crippen molar-refractivity contribution < 1.29 is 14.6 Å². The van der Waals surface area contributed by atoms with E-state index >= 15 is 0 Å². The highest BCUT2D eigenvalue weighted by Gasteiger charge is 2.48. The van der Waals surface area contributed by atoms with Crippen LogP contribution >= 0.6 is 0 Å². The van der Waals surface area contributed by atoms with Crippen LogP contribution in [0.5, 0.6) is 0 Å². The Balaban J connectivity index is 1.72. The first-order valence-corrected chi connectivity index (χ1v) is 10.3. The van der Waals surface area contributed by atoms with Gasteiger partial charge in [-0.05, 0) is 52.0 Å². The maximum absolute atomic E-state index is 13.4. The van der Waals surface area contributed by atoms with E-state index in [0.29, 0.717) is 11.6 Å². The van der Waals surface area contributed by atoms with E-state index < -0.39 is 5.41 Å². The monoisotopic (exact) mass is 411 g/mol. The zero-order valence-electron chi connectivity index (χ0n) is 18.1. The molecule has 2 aliphatic heterocycles. The van der Waals surface area contributed by atoms with E-state index in [-0.39, 0.29) is 30.5 Å². The molecular weight excluding hydrogens is 382 g/mol. The predicted molar refractivity (Wildman–Crippen MR) is 116 cm³/mol. The minimum Gasteiger partial charge on any atom is -0.388 e. The average Bonchev–Trinajstić information content (AvgIpc) is 2.92. The molecule has 1 saturated heterocycles. The molecule has 3 heterocycles. The van der Waals surface area contributed by atoms with Crippen LogP contribution in [-0.4, -0.2) is 53.3 Å². The van der Waals surface area contributed by atoms with Crippen LogP contribution in [-0.2, 0) is 21.6 Å². The minimum atomic E-state index is -0.782. The molecule has 2 atom stereocenters. The predicted octanol–water partition coefficient (Wildman–Crippen LogP) is 2.58. The Morgan fingerprint density at radius 2 is 1.73 bits per heavy atom. The summed E-state index contributed by atoms with van der Waals surface area (Å²) in [5, 5.41) is 12.6. The summed E-state index contributed by atoms with van der Waals surface area (Å²) in [5.41, 5.74) is 1.80. The lowest BCUT2D eigenvalue weighted by atomic mass is 9.87. The van der Waals surface area contributed by atoms with Crippen LogP contribution in [0.15, 0.2) is 24.3 Å². The molecule has 1 amide bonds. The van der Waals surface area contributed by atoms with Crippen LogP contribution in [0.1, 0.15) is 39.1 Å². The summed E-state index contributed by atoms with van der Waals surface area (Å²) < 4.78 is 5.83. The number of nitrogens with zero attached hydrogens (tertiary/aromatic N) is 4. The van der Waals surface area contributed by atoms with Crippen molar-refractivity contribution in [3.8, 4) is 0 Å². The summed E-state index contributed by atoms with van der Waals surface area (Å²) >= 11 is 0. The summed E-state index contributed by atoms with van der Waals surface area (Å²) in [5.74, 6) is 1.30. The normalized spacial score (nSPS) is 22.9. The Bertz CT molecular complexity index is 950. The molecule has 0 bridgehead atoms. The molecule has 2 aliphatic rings. The second-order valence-electron chi connectivity index (χ2n) is 8.54. The van der Waals surface area contributed by atoms with Gasteiger partial charge >= 0.3 is 0 Å². The number of ether oxygens (including phenoxy) is 1. The van der Waals surface area contributed by atoms with Gasteiger partial charge in [-0.1, -0.05) is 0 Å². The number of carbonyl (C=O) groups is 1. The molecule has 0 unspecified atom stereocenters. The zero-order chi connectivity index (χ0) is 21.6. The molecular formula is C22H29N5O3. The van der Waals surface area contributed by atoms with Gasteiger partial charge in [-0.3, -0.25) is 9.69 Å². The van der Waals surface area contributed by atoms with E-state index in [9.17, 15) is 9.90 Å². The van der Waals surface area contributed by atoms with Crippen molar-refractivity contribution in [1.29, 1.82) is 0 Å². The van der Waals surface area contributed by atoms with Gasteiger partial charge in [-0.25, -0.2) is 9.97 Å². The van der Waals surface area contributed by atoms with Gasteiger partial charge in [0.15, 0.2) is 5.82 Å². The van der Waals surface area contributed by atoms with Crippen molar-refractivity contribution in [3.05, 3.63) is 35.7 Å². The first kappa shape index (κ1) is 20.6. The third kappa shape index (κ3) is 3.30. The van der Waals surface area contributed by atoms with E-state index in [1.165, 1.54) is 0 Å². The Morgan fingerprint density at radius 1 is 1.13 bits per heavy atom. The standard InChI is InChI=1S/C22H29N5O3/c1-13-10-26(11-14(2)30-13)15-6-8-16(9-7-15)27-20-18(22(3,4)21(27)29)19(23-5)24-17(12-28)25-20/h6-9,13-14,28H,10-12H2,1-5H3,(H,23,24,25)/t13-,14+. The summed E-state index contributed by atoms with van der Waals surface area (Å²) in [6, 6.07) is 7.96. The second-order valence-corrected chi connectivity index (χ2v) is 8.54. The molecule has 0 aliphatic carbocycles. The van der Waals surface area contributed by atoms with Gasteiger partial charge in [0.25, 0.3) is 0 Å². The van der Waals surface area contributed by atoms with Crippen LogP contribution < -0.4 is 15.1 Å². The molecule has 2 N–H and O–H groups in total. The number of carbonyl (C=O) groups excluding carboxylic acids is 1. The number of morpholine rings is 1. The van der Waals surface area contributed by atoms with Crippen molar-refractivity contribution >= 4 is 28.9 Å². The number of benzene rings is 1. The SMILES string of the molecule is CNc1nc(CO)nc2c1C(C)(C)C(=O)N2c1ccc(N2C[C@@H](C)O[C@@H](C)C2)cc1. The average molecular weight is 412 g/mol. The highest BCUT2D eigenvalue weighted by Crippen LogP contribution is 2.47. The number of aliphatic hydroxyl groups is 1. The minimum absolute atomic E-state index is 0.0697. The number of hydrogen-bond acceptors (Lipinski definition) is 7. The number of nitrogens with one attached hydrogen (secondary N) is 1. The lowest BCUT2D eigenvalue weighted by Crippen LogP contribution is -2.45. The van der Waals surface area contributed by atoms with E-state index in [0.717, 1.165) is 30.0 Å². The Labute approximate surface area is 176 Å². The molecule has 1 aromatic carbocycles. The number of anilines is 4. The first-order chi connectivity index (χ1) is 14.3. The van der Waals surface area contributed by atoms with Crippen molar-refractivity contribution in [2.75, 3.05) is 35.3 Å². The van der Waals surface area contributed by atoms with Crippen molar-refractivity contribution in [3.63, 3.8) is 0 Å². The molecule has 8 nitrogen and oxygen atoms in total. The van der Waals surface area contributed by atoms with Gasteiger partial charge in [0.2, 0.25) is 5.91 Å². The number of rotatable bonds is 4. The van der Waals surface area contributed by atoms with E-state index in [1.807, 2.05) is 38.1 Å². The van der Waals surface area contributed by atoms with Crippen molar-refractivity contribution in [2.24, 2.45) is 0 Å². The van der Waals surface area contributed by atoms with Gasteiger partial charge in [-0.15, -0.1) is 0 Å². The number of hydrogen-bond donors (Lipinski definition) is 2. The molecule has 8 heteroatoms. The molecule has 160 valence electrons. The smallest absolute Gasteiger partial charge is 0.243 e. The van der Waals surface area contributed by atoms with Crippen LogP contribution in [0.3, 0.4) is 0 Å². The fourth-order valence-corrected chi connectivity index (χ4v) is 4.41. The molecule has 1 fully saturated rings. The fraction of sp³-hybridized carbons (Fsp3) is 0.500. The number of aliphatic hydroxyl groups excluding tert-OH is 1. The van der Waals surface area contributed by atoms with Crippen LogP contribution in [0.2, 0.25) is 0 Å². The summed E-state index contributed by atoms with van der Waals surface area (Å²) in [6.07, 6.45) is 0.352. The third-order valence-electron chi connectivity index (χ3n) is 5.78. The summed E-state index contributed by atoms with van der Waals surface area (Å²) in [4.78, 5) is 26.2. The van der Waals surface area contributed by atoms with Crippen LogP contribution in [0.25, 0.3) is 0 Å². The summed E-state index contributed by atoms with van der Waals surface area (Å²) in [7, 11) is 1.76. The molecule has 0 spiro atoms. The maximum Gasteiger partial charge on any atom is 0.243 e. The Kier molecular flexibility index (Phi) is 5.15. The van der Waals surface area contributed by atoms with Crippen LogP contribution in [0.4, 0.5) is 23.0 Å². The molecule has 4 rings (SSSR count). The molecule has 0 saturated carbocycles. The topological polar surface area (TPSA) is 90.8 Å². The lowest BCUT2D eigenvalue weighted by Gasteiger charge is -2.37. The third-order valence-corrected chi connectivity index (χ3v) is 5.78. The molecule has 2 aromatic rings. The first-order valence-electron chi connectivity index (χ1n) is 10.3. The second kappa shape index (κ2) is 7.52. The number of fused-ring (bicyclic) bond motifs is 1. The van der Waals surface area contributed by atoms with Gasteiger partial charge in [0, 0.05) is 25.8 Å². The zero-order valence-corrected chi connectivity index (χ0v) is 18.1. The highest BCUT2D eigenvalue weighted by atomic mass is 16.5. The Hall–Kier alpha value is -2.71. The highest BCUT2D eigenvalue weighted by molar-refractivity contribution is 6.12. The fourth-order valence-electron chi connectivity index (χ4n) is 4.41. The lowest BCUT2D eigenvalue weighted by molar-refractivity contribution is -0.121. The van der Waals surface area contributed by atoms with Crippen molar-refractivity contribution in [2.45, 2.75) is 51.9 Å². The van der Waals surface area contributed by atoms with E-state index in [2.05, 4.69) is 34.0 Å². The van der Waals surface area contributed by atoms with Gasteiger partial charge < -0.3 is 20.1 Å². The molecule has 1 aromatic heterocycles. The van der Waals surface area contributed by atoms with Crippen molar-refractivity contribution in [1.82, 2.24) is 9.97 Å². The summed E-state index contributed by atoms with van der Waals surface area (Å²) in [6.45, 7) is 9.29. The number of amides is 1. The molecule has 30 heavy (non-hydrogen) atoms. The Morgan fingerprint density at radius 3 is 2.30 bits per heavy atom. The maximum atomic E-state index is 13.4. The van der Waals surface area contributed by atoms with E-state index in [4.69, 9.17) is 4.74 Å². The van der Waals surface area contributed by atoms with Gasteiger partial charge in [0.1, 0.15) is 18.2 Å². The van der Waals surface area contributed by atoms with Gasteiger partial charge in [-0.2, -0.15) is 0 Å². The van der Waals surface area contributed by atoms with E-state index in [1.54, 1.807) is 11.9 Å². The van der Waals surface area contributed by atoms with Gasteiger partial charge in [0.05, 0.1) is 28.9 Å². The molecule has 0 radical (unpaired) electrons. The largest absolute Gasteiger partial charge is 0.388 e. The van der Waals surface area contributed by atoms with Crippen LogP contribution in [0, 0.1) is 0 Å². The quantitative estimate of drug-likeness (QED) is 0.799. The number of aromatic nitrogens is 2.